The summed E-state index contributed by atoms with van der Waals surface area (Å²) in [6.07, 6.45) is 0. The summed E-state index contributed by atoms with van der Waals surface area (Å²) < 4.78 is 0. The van der Waals surface area contributed by atoms with Crippen LogP contribution >= 0.6 is 0 Å². The molecule has 4 heteroatoms. The van der Waals surface area contributed by atoms with Crippen molar-refractivity contribution in [1.29, 1.82) is 0 Å². The van der Waals surface area contributed by atoms with Crippen molar-refractivity contribution in [2.75, 3.05) is 0 Å². The maximum atomic E-state index is 0. The predicted octanol–water partition coefficient (Wildman–Crippen LogP) is -0.356. The van der Waals surface area contributed by atoms with Gasteiger partial charge in [-0.05, 0) is 0 Å². The topological polar surface area (TPSA) is 85.5 Å². The molecule has 0 aromatic heterocycles. The van der Waals surface area contributed by atoms with E-state index in [1.54, 1.807) is 0 Å². The number of rotatable bonds is 0. The van der Waals surface area contributed by atoms with Gasteiger partial charge >= 0.3 is 0 Å². The fourth-order valence-electron chi connectivity index (χ4n) is 0. The first-order chi connectivity index (χ1) is 0. The minimum absolute atomic E-state index is 0. The second kappa shape index (κ2) is 28.6. The first kappa shape index (κ1) is 60.3. The quantitative estimate of drug-likeness (QED) is 0.497. The van der Waals surface area contributed by atoms with Crippen LogP contribution in [0.1, 0.15) is 0 Å². The third kappa shape index (κ3) is 10.5. The second-order valence-corrected chi connectivity index (χ2v) is 0. The van der Waals surface area contributed by atoms with Gasteiger partial charge in [-0.25, -0.2) is 0 Å². The first-order valence-corrected chi connectivity index (χ1v) is 0. The largest absolute Gasteiger partial charge is 2.00 e. The summed E-state index contributed by atoms with van der Waals surface area (Å²) in [5.41, 5.74) is 0. The van der Waals surface area contributed by atoms with Crippen molar-refractivity contribution in [1.82, 2.24) is 0 Å². The van der Waals surface area contributed by atoms with E-state index in [-0.39, 0.29) is 58.2 Å². The van der Waals surface area contributed by atoms with Crippen LogP contribution in [0.25, 0.3) is 0 Å². The van der Waals surface area contributed by atoms with Crippen LogP contribution < -0.4 is 0 Å². The van der Waals surface area contributed by atoms with Gasteiger partial charge < -0.3 is 16.4 Å². The van der Waals surface area contributed by atoms with Crippen LogP contribution in [0.3, 0.4) is 0 Å². The maximum Gasteiger partial charge on any atom is 0 e. The molecule has 0 aromatic carbocycles. The van der Waals surface area contributed by atoms with E-state index in [1.165, 1.54) is 0 Å². The molecule has 28 valence electrons. The molecule has 0 aromatic rings. The Morgan fingerprint density at radius 2 is 0.500 bits per heavy atom. The molecule has 0 amide bonds. The minimum Gasteiger partial charge on any atom is -2.00 e. The van der Waals surface area contributed by atoms with E-state index in [0.29, 0.717) is 0 Å². The van der Waals surface area contributed by atoms with E-state index in [0.717, 1.165) is 0 Å². The van der Waals surface area contributed by atoms with Crippen molar-refractivity contribution in [2.24, 2.45) is 0 Å². The predicted molar refractivity (Wildman–Crippen MR) is 2.06 cm³/mol. The summed E-state index contributed by atoms with van der Waals surface area (Å²) in [7, 11) is 0. The molecule has 0 radical (unpaired) electrons. The zero-order valence-corrected chi connectivity index (χ0v) is 4.86. The van der Waals surface area contributed by atoms with E-state index in [2.05, 4.69) is 0 Å². The van der Waals surface area contributed by atoms with Crippen molar-refractivity contribution in [3.05, 3.63) is 0 Å². The van der Waals surface area contributed by atoms with Crippen LogP contribution in [0.2, 0.25) is 0 Å². The third-order valence-corrected chi connectivity index (χ3v) is 0. The van der Waals surface area contributed by atoms with Crippen LogP contribution in [-0.4, -0.2) is 0 Å². The van der Waals surface area contributed by atoms with Gasteiger partial charge in [0.05, 0.1) is 0 Å². The molecule has 0 aliphatic carbocycles. The smallest absolute Gasteiger partial charge is 0 e. The molecule has 0 saturated heterocycles. The summed E-state index contributed by atoms with van der Waals surface area (Å²) in [5.74, 6) is 0. The van der Waals surface area contributed by atoms with Crippen molar-refractivity contribution in [3.63, 3.8) is 0 Å². The van der Waals surface area contributed by atoms with Gasteiger partial charge in [-0.2, -0.15) is 0 Å². The van der Waals surface area contributed by atoms with Gasteiger partial charge in [0.15, 0.2) is 0 Å². The Balaban J connectivity index is 0. The van der Waals surface area contributed by atoms with Gasteiger partial charge in [-0.15, -0.1) is 0 Å². The zero-order valence-electron chi connectivity index (χ0n) is 1.72. The molecule has 0 heterocycles. The molecular formula is CeO3-6. The van der Waals surface area contributed by atoms with Gasteiger partial charge in [-0.1, -0.05) is 0 Å². The fourth-order valence-corrected chi connectivity index (χ4v) is 0. The molecule has 4 heavy (non-hydrogen) atoms. The molecule has 0 fully saturated rings. The normalized spacial score (nSPS) is 0. The van der Waals surface area contributed by atoms with Crippen molar-refractivity contribution >= 4 is 0 Å². The summed E-state index contributed by atoms with van der Waals surface area (Å²) in [6, 6.07) is 0. The van der Waals surface area contributed by atoms with E-state index in [1.807, 2.05) is 0 Å². The molecule has 0 aliphatic rings. The van der Waals surface area contributed by atoms with E-state index in [9.17, 15) is 0 Å². The molecule has 0 rings (SSSR count). The van der Waals surface area contributed by atoms with Gasteiger partial charge in [0.2, 0.25) is 0 Å². The van der Waals surface area contributed by atoms with Crippen LogP contribution in [0, 0.1) is 41.7 Å². The van der Waals surface area contributed by atoms with Crippen molar-refractivity contribution < 1.29 is 58.2 Å². The van der Waals surface area contributed by atoms with Crippen molar-refractivity contribution in [3.8, 4) is 0 Å². The summed E-state index contributed by atoms with van der Waals surface area (Å²) in [5, 5.41) is 0. The SMILES string of the molecule is [Ce].[O-2].[O-2].[O-2]. The van der Waals surface area contributed by atoms with Gasteiger partial charge in [0.1, 0.15) is 0 Å². The summed E-state index contributed by atoms with van der Waals surface area (Å²) in [6.45, 7) is 0. The monoisotopic (exact) mass is 188 g/mol. The van der Waals surface area contributed by atoms with E-state index < -0.39 is 0 Å². The Labute approximate surface area is 57.7 Å². The second-order valence-electron chi connectivity index (χ2n) is 0. The molecule has 0 saturated carbocycles. The first-order valence-electron chi connectivity index (χ1n) is 0. The molecule has 0 unspecified atom stereocenters. The van der Waals surface area contributed by atoms with Gasteiger partial charge in [-0.3, -0.25) is 0 Å². The Hall–Kier alpha value is 1.26. The molecule has 0 N–H and O–H groups in total. The Bertz CT molecular complexity index is 3.25. The molecule has 0 aliphatic heterocycles. The summed E-state index contributed by atoms with van der Waals surface area (Å²) in [4.78, 5) is 0. The van der Waals surface area contributed by atoms with Gasteiger partial charge in [0, 0.05) is 41.7 Å². The zero-order chi connectivity index (χ0) is 0. The average molecular weight is 188 g/mol. The van der Waals surface area contributed by atoms with Crippen LogP contribution in [0.5, 0.6) is 0 Å². The van der Waals surface area contributed by atoms with Crippen LogP contribution in [0.15, 0.2) is 0 Å². The maximum absolute atomic E-state index is 0. The molecule has 3 nitrogen and oxygen atoms in total. The molecule has 0 atom stereocenters. The Morgan fingerprint density at radius 3 is 0.500 bits per heavy atom. The molecule has 0 bridgehead atoms. The third-order valence-electron chi connectivity index (χ3n) is 0. The Morgan fingerprint density at radius 1 is 0.500 bits per heavy atom. The minimum atomic E-state index is 0. The standard InChI is InChI=1S/Ce.3O/q;3*-2. The Kier molecular flexibility index (Phi) is 431. The van der Waals surface area contributed by atoms with Crippen LogP contribution in [0.4, 0.5) is 0 Å². The van der Waals surface area contributed by atoms with Crippen LogP contribution in [-0.2, 0) is 16.4 Å². The number of hydrogen-bond donors (Lipinski definition) is 0. The van der Waals surface area contributed by atoms with Gasteiger partial charge in [0.25, 0.3) is 0 Å². The van der Waals surface area contributed by atoms with E-state index in [4.69, 9.17) is 0 Å². The van der Waals surface area contributed by atoms with Crippen molar-refractivity contribution in [2.45, 2.75) is 0 Å². The number of hydrogen-bond acceptors (Lipinski definition) is 0. The molecule has 0 spiro atoms. The summed E-state index contributed by atoms with van der Waals surface area (Å²) >= 11 is 0. The molecular weight excluding hydrogens is 188 g/mol. The fraction of sp³-hybridized carbons (Fsp3) is 0. The average Bonchev–Trinajstić information content (AvgIpc) is 0. The van der Waals surface area contributed by atoms with E-state index >= 15 is 0 Å².